The SMILES string of the molecule is COC(=O)c1cc2ccnc(Cl)c2nc1OC. The molecule has 0 N–H and O–H groups in total. The van der Waals surface area contributed by atoms with Crippen molar-refractivity contribution in [3.05, 3.63) is 29.0 Å². The first-order valence-corrected chi connectivity index (χ1v) is 5.12. The molecular formula is C11H9ClN2O3. The first kappa shape index (κ1) is 11.6. The predicted octanol–water partition coefficient (Wildman–Crippen LogP) is 2.08. The zero-order chi connectivity index (χ0) is 12.4. The molecule has 0 fully saturated rings. The molecule has 17 heavy (non-hydrogen) atoms. The van der Waals surface area contributed by atoms with Gasteiger partial charge in [0.15, 0.2) is 5.15 Å². The first-order chi connectivity index (χ1) is 8.17. The first-order valence-electron chi connectivity index (χ1n) is 4.75. The van der Waals surface area contributed by atoms with Crippen LogP contribution in [0.15, 0.2) is 18.3 Å². The summed E-state index contributed by atoms with van der Waals surface area (Å²) in [4.78, 5) is 19.6. The molecule has 0 unspecified atom stereocenters. The quantitative estimate of drug-likeness (QED) is 0.605. The number of nitrogens with zero attached hydrogens (tertiary/aromatic N) is 2. The lowest BCUT2D eigenvalue weighted by Gasteiger charge is -2.07. The number of esters is 1. The smallest absolute Gasteiger partial charge is 0.343 e. The Kier molecular flexibility index (Phi) is 3.10. The molecule has 2 heterocycles. The van der Waals surface area contributed by atoms with Gasteiger partial charge in [-0.05, 0) is 12.1 Å². The normalized spacial score (nSPS) is 10.3. The third-order valence-corrected chi connectivity index (χ3v) is 2.53. The van der Waals surface area contributed by atoms with E-state index in [-0.39, 0.29) is 16.6 Å². The molecule has 0 aromatic carbocycles. The third-order valence-electron chi connectivity index (χ3n) is 2.25. The van der Waals surface area contributed by atoms with Crippen LogP contribution >= 0.6 is 11.6 Å². The van der Waals surface area contributed by atoms with Gasteiger partial charge in [0, 0.05) is 11.6 Å². The molecule has 0 aliphatic carbocycles. The van der Waals surface area contributed by atoms with Gasteiger partial charge in [-0.15, -0.1) is 0 Å². The topological polar surface area (TPSA) is 61.3 Å². The maximum absolute atomic E-state index is 11.5. The van der Waals surface area contributed by atoms with Crippen LogP contribution in [0.5, 0.6) is 5.88 Å². The molecule has 2 aromatic heterocycles. The highest BCUT2D eigenvalue weighted by Crippen LogP contribution is 2.26. The number of rotatable bonds is 2. The van der Waals surface area contributed by atoms with Crippen LogP contribution in [0.1, 0.15) is 10.4 Å². The Morgan fingerprint density at radius 2 is 2.18 bits per heavy atom. The van der Waals surface area contributed by atoms with Gasteiger partial charge < -0.3 is 9.47 Å². The number of pyridine rings is 2. The van der Waals surface area contributed by atoms with Crippen LogP contribution in [0, 0.1) is 0 Å². The maximum Gasteiger partial charge on any atom is 0.343 e. The number of carbonyl (C=O) groups is 1. The fourth-order valence-electron chi connectivity index (χ4n) is 1.46. The van der Waals surface area contributed by atoms with Crippen molar-refractivity contribution < 1.29 is 14.3 Å². The predicted molar refractivity (Wildman–Crippen MR) is 62.4 cm³/mol. The molecule has 0 saturated carbocycles. The highest BCUT2D eigenvalue weighted by atomic mass is 35.5. The van der Waals surface area contributed by atoms with Crippen molar-refractivity contribution in [2.75, 3.05) is 14.2 Å². The molecule has 0 aliphatic rings. The average Bonchev–Trinajstić information content (AvgIpc) is 2.37. The summed E-state index contributed by atoms with van der Waals surface area (Å²) in [5, 5.41) is 0.961. The van der Waals surface area contributed by atoms with Crippen molar-refractivity contribution in [2.45, 2.75) is 0 Å². The summed E-state index contributed by atoms with van der Waals surface area (Å²) >= 11 is 5.91. The van der Waals surface area contributed by atoms with E-state index in [1.165, 1.54) is 14.2 Å². The van der Waals surface area contributed by atoms with Gasteiger partial charge in [0.05, 0.1) is 14.2 Å². The second-order valence-electron chi connectivity index (χ2n) is 3.21. The summed E-state index contributed by atoms with van der Waals surface area (Å²) in [6.07, 6.45) is 1.54. The van der Waals surface area contributed by atoms with Gasteiger partial charge >= 0.3 is 5.97 Å². The zero-order valence-corrected chi connectivity index (χ0v) is 9.99. The summed E-state index contributed by atoms with van der Waals surface area (Å²) in [6.45, 7) is 0. The molecule has 0 amide bonds. The van der Waals surface area contributed by atoms with Crippen LogP contribution in [0.25, 0.3) is 10.9 Å². The Hall–Kier alpha value is -1.88. The van der Waals surface area contributed by atoms with Gasteiger partial charge in [0.1, 0.15) is 11.1 Å². The molecule has 0 bridgehead atoms. The van der Waals surface area contributed by atoms with E-state index in [1.807, 2.05) is 0 Å². The number of hydrogen-bond donors (Lipinski definition) is 0. The van der Waals surface area contributed by atoms with E-state index in [9.17, 15) is 4.79 Å². The van der Waals surface area contributed by atoms with Crippen LogP contribution in [-0.2, 0) is 4.74 Å². The fraction of sp³-hybridized carbons (Fsp3) is 0.182. The summed E-state index contributed by atoms with van der Waals surface area (Å²) in [6, 6.07) is 3.32. The van der Waals surface area contributed by atoms with Crippen molar-refractivity contribution in [2.24, 2.45) is 0 Å². The Morgan fingerprint density at radius 1 is 1.41 bits per heavy atom. The molecule has 5 nitrogen and oxygen atoms in total. The summed E-state index contributed by atoms with van der Waals surface area (Å²) in [5.74, 6) is -0.344. The molecule has 0 aliphatic heterocycles. The Morgan fingerprint density at radius 3 is 2.82 bits per heavy atom. The van der Waals surface area contributed by atoms with Crippen molar-refractivity contribution >= 4 is 28.5 Å². The van der Waals surface area contributed by atoms with E-state index in [4.69, 9.17) is 16.3 Å². The van der Waals surface area contributed by atoms with E-state index < -0.39 is 5.97 Å². The van der Waals surface area contributed by atoms with Crippen LogP contribution < -0.4 is 4.74 Å². The van der Waals surface area contributed by atoms with Gasteiger partial charge in [-0.1, -0.05) is 11.6 Å². The van der Waals surface area contributed by atoms with E-state index >= 15 is 0 Å². The second kappa shape index (κ2) is 4.55. The number of methoxy groups -OCH3 is 2. The Labute approximate surface area is 102 Å². The van der Waals surface area contributed by atoms with Crippen molar-refractivity contribution in [3.8, 4) is 5.88 Å². The molecule has 0 atom stereocenters. The van der Waals surface area contributed by atoms with Crippen LogP contribution in [0.2, 0.25) is 5.15 Å². The highest BCUT2D eigenvalue weighted by Gasteiger charge is 2.16. The van der Waals surface area contributed by atoms with E-state index in [2.05, 4.69) is 14.7 Å². The van der Waals surface area contributed by atoms with Crippen molar-refractivity contribution in [1.29, 1.82) is 0 Å². The number of hydrogen-bond acceptors (Lipinski definition) is 5. The number of aromatic nitrogens is 2. The van der Waals surface area contributed by atoms with E-state index in [1.54, 1.807) is 18.3 Å². The molecule has 2 rings (SSSR count). The largest absolute Gasteiger partial charge is 0.480 e. The van der Waals surface area contributed by atoms with Crippen LogP contribution in [0.3, 0.4) is 0 Å². The van der Waals surface area contributed by atoms with Crippen molar-refractivity contribution in [3.63, 3.8) is 0 Å². The van der Waals surface area contributed by atoms with Gasteiger partial charge in [-0.2, -0.15) is 0 Å². The average molecular weight is 253 g/mol. The molecule has 2 aromatic rings. The Balaban J connectivity index is 2.73. The standard InChI is InChI=1S/C11H9ClN2O3/c1-16-10-7(11(15)17-2)5-6-3-4-13-9(12)8(6)14-10/h3-5H,1-2H3. The summed E-state index contributed by atoms with van der Waals surface area (Å²) in [7, 11) is 2.72. The minimum Gasteiger partial charge on any atom is -0.480 e. The molecular weight excluding hydrogens is 244 g/mol. The molecule has 6 heteroatoms. The van der Waals surface area contributed by atoms with E-state index in [0.29, 0.717) is 10.9 Å². The second-order valence-corrected chi connectivity index (χ2v) is 3.57. The van der Waals surface area contributed by atoms with Gasteiger partial charge in [0.2, 0.25) is 5.88 Å². The zero-order valence-electron chi connectivity index (χ0n) is 9.23. The Bertz CT molecular complexity index is 586. The molecule has 88 valence electrons. The fourth-order valence-corrected chi connectivity index (χ4v) is 1.67. The number of fused-ring (bicyclic) bond motifs is 1. The monoisotopic (exact) mass is 252 g/mol. The summed E-state index contributed by atoms with van der Waals surface area (Å²) < 4.78 is 9.68. The minimum atomic E-state index is -0.510. The van der Waals surface area contributed by atoms with Gasteiger partial charge in [-0.25, -0.2) is 14.8 Å². The lowest BCUT2D eigenvalue weighted by atomic mass is 10.2. The van der Waals surface area contributed by atoms with Crippen LogP contribution in [0.4, 0.5) is 0 Å². The number of ether oxygens (including phenoxy) is 2. The number of carbonyl (C=O) groups excluding carboxylic acids is 1. The van der Waals surface area contributed by atoms with Crippen LogP contribution in [-0.4, -0.2) is 30.2 Å². The lowest BCUT2D eigenvalue weighted by molar-refractivity contribution is 0.0596. The van der Waals surface area contributed by atoms with Gasteiger partial charge in [-0.3, -0.25) is 0 Å². The molecule has 0 spiro atoms. The highest BCUT2D eigenvalue weighted by molar-refractivity contribution is 6.33. The summed E-state index contributed by atoms with van der Waals surface area (Å²) in [5.41, 5.74) is 0.739. The van der Waals surface area contributed by atoms with Crippen molar-refractivity contribution in [1.82, 2.24) is 9.97 Å². The molecule has 0 radical (unpaired) electrons. The van der Waals surface area contributed by atoms with Gasteiger partial charge in [0.25, 0.3) is 0 Å². The number of halogens is 1. The minimum absolute atomic E-state index is 0.166. The molecule has 0 saturated heterocycles. The lowest BCUT2D eigenvalue weighted by Crippen LogP contribution is -2.06. The van der Waals surface area contributed by atoms with E-state index in [0.717, 1.165) is 0 Å². The third kappa shape index (κ3) is 2.01. The maximum atomic E-state index is 11.5.